The fraction of sp³-hybridized carbons (Fsp3) is 0.308. The van der Waals surface area contributed by atoms with Crippen LogP contribution in [-0.4, -0.2) is 36.6 Å². The molecule has 0 aliphatic carbocycles. The number of H-pyrrole nitrogens is 2. The lowest BCUT2D eigenvalue weighted by atomic mass is 10.1. The Balaban J connectivity index is 1.90. The van der Waals surface area contributed by atoms with Crippen molar-refractivity contribution in [2.24, 2.45) is 0 Å². The first-order chi connectivity index (χ1) is 10.0. The Bertz CT molecular complexity index is 805. The number of fused-ring (bicyclic) bond motifs is 1. The van der Waals surface area contributed by atoms with Crippen LogP contribution in [0, 0.1) is 0 Å². The van der Waals surface area contributed by atoms with Crippen molar-refractivity contribution in [1.29, 1.82) is 0 Å². The van der Waals surface area contributed by atoms with E-state index in [1.807, 2.05) is 0 Å². The van der Waals surface area contributed by atoms with E-state index in [1.165, 1.54) is 23.5 Å². The summed E-state index contributed by atoms with van der Waals surface area (Å²) in [6, 6.07) is 6.26. The zero-order chi connectivity index (χ0) is 15.0. The minimum absolute atomic E-state index is 0.169. The first kappa shape index (κ1) is 13.9. The van der Waals surface area contributed by atoms with E-state index in [4.69, 9.17) is 4.74 Å². The number of nitrogens with one attached hydrogen (secondary N) is 2. The van der Waals surface area contributed by atoms with E-state index in [2.05, 4.69) is 10.2 Å². The summed E-state index contributed by atoms with van der Waals surface area (Å²) in [5.41, 5.74) is 1.09. The van der Waals surface area contributed by atoms with Crippen molar-refractivity contribution in [3.63, 3.8) is 0 Å². The number of aromatic nitrogens is 2. The van der Waals surface area contributed by atoms with Gasteiger partial charge in [0.2, 0.25) is 10.0 Å². The van der Waals surface area contributed by atoms with Gasteiger partial charge in [-0.3, -0.25) is 9.89 Å². The minimum Gasteiger partial charge on any atom is -0.497 e. The van der Waals surface area contributed by atoms with Crippen LogP contribution in [0.5, 0.6) is 5.75 Å². The van der Waals surface area contributed by atoms with Gasteiger partial charge in [0.1, 0.15) is 5.75 Å². The first-order valence-electron chi connectivity index (χ1n) is 6.45. The summed E-state index contributed by atoms with van der Waals surface area (Å²) in [7, 11) is -2.05. The van der Waals surface area contributed by atoms with Crippen LogP contribution in [0.25, 0.3) is 0 Å². The number of hydrogen-bond donors (Lipinski definition) is 2. The number of benzene rings is 1. The van der Waals surface area contributed by atoms with Crippen molar-refractivity contribution in [1.82, 2.24) is 14.5 Å². The smallest absolute Gasteiger partial charge is 0.267 e. The molecule has 0 unspecified atom stereocenters. The lowest BCUT2D eigenvalue weighted by Gasteiger charge is -2.25. The molecule has 0 spiro atoms. The highest BCUT2D eigenvalue weighted by atomic mass is 32.2. The number of ether oxygens (including phenoxy) is 1. The summed E-state index contributed by atoms with van der Waals surface area (Å²) < 4.78 is 31.6. The SMILES string of the molecule is COc1ccc(S(=O)(=O)N2CCc3c([nH][nH]c3=O)C2)cc1. The highest BCUT2D eigenvalue weighted by Gasteiger charge is 2.30. The van der Waals surface area contributed by atoms with E-state index in [1.54, 1.807) is 12.1 Å². The van der Waals surface area contributed by atoms with Gasteiger partial charge in [0.05, 0.1) is 24.2 Å². The van der Waals surface area contributed by atoms with Crippen molar-refractivity contribution < 1.29 is 13.2 Å². The van der Waals surface area contributed by atoms with Crippen molar-refractivity contribution in [2.75, 3.05) is 13.7 Å². The van der Waals surface area contributed by atoms with Crippen molar-refractivity contribution in [3.8, 4) is 5.75 Å². The summed E-state index contributed by atoms with van der Waals surface area (Å²) in [6.07, 6.45) is 0.406. The molecule has 0 amide bonds. The third-order valence-electron chi connectivity index (χ3n) is 3.61. The summed E-state index contributed by atoms with van der Waals surface area (Å²) in [6.45, 7) is 0.463. The fourth-order valence-electron chi connectivity index (χ4n) is 2.41. The third kappa shape index (κ3) is 2.36. The number of nitrogens with zero attached hydrogens (tertiary/aromatic N) is 1. The molecule has 2 aromatic rings. The average Bonchev–Trinajstić information content (AvgIpc) is 2.88. The van der Waals surface area contributed by atoms with Gasteiger partial charge in [-0.05, 0) is 30.7 Å². The number of hydrogen-bond acceptors (Lipinski definition) is 4. The Morgan fingerprint density at radius 2 is 1.90 bits per heavy atom. The van der Waals surface area contributed by atoms with Crippen LogP contribution in [0.15, 0.2) is 34.0 Å². The van der Waals surface area contributed by atoms with Gasteiger partial charge in [0, 0.05) is 12.1 Å². The molecule has 0 saturated heterocycles. The molecule has 1 aromatic heterocycles. The molecule has 0 atom stereocenters. The zero-order valence-electron chi connectivity index (χ0n) is 11.4. The second-order valence-electron chi connectivity index (χ2n) is 4.80. The molecule has 7 nitrogen and oxygen atoms in total. The van der Waals surface area contributed by atoms with E-state index in [0.717, 1.165) is 0 Å². The molecule has 112 valence electrons. The molecule has 1 aliphatic rings. The van der Waals surface area contributed by atoms with Crippen molar-refractivity contribution in [2.45, 2.75) is 17.9 Å². The molecule has 0 saturated carbocycles. The van der Waals surface area contributed by atoms with Gasteiger partial charge in [0.25, 0.3) is 5.56 Å². The third-order valence-corrected chi connectivity index (χ3v) is 5.47. The largest absolute Gasteiger partial charge is 0.497 e. The number of methoxy groups -OCH3 is 1. The van der Waals surface area contributed by atoms with Crippen LogP contribution in [-0.2, 0) is 23.0 Å². The van der Waals surface area contributed by atoms with Crippen LogP contribution in [0.2, 0.25) is 0 Å². The Labute approximate surface area is 121 Å². The monoisotopic (exact) mass is 309 g/mol. The van der Waals surface area contributed by atoms with E-state index < -0.39 is 10.0 Å². The van der Waals surface area contributed by atoms with Gasteiger partial charge in [-0.1, -0.05) is 0 Å². The number of sulfonamides is 1. The van der Waals surface area contributed by atoms with E-state index >= 15 is 0 Å². The predicted octanol–water partition coefficient (Wildman–Crippen LogP) is 0.459. The topological polar surface area (TPSA) is 95.3 Å². The first-order valence-corrected chi connectivity index (χ1v) is 7.89. The second kappa shape index (κ2) is 5.05. The minimum atomic E-state index is -3.58. The Morgan fingerprint density at radius 1 is 1.19 bits per heavy atom. The molecule has 0 radical (unpaired) electrons. The van der Waals surface area contributed by atoms with Crippen molar-refractivity contribution in [3.05, 3.63) is 45.9 Å². The van der Waals surface area contributed by atoms with E-state index in [-0.39, 0.29) is 17.0 Å². The maximum absolute atomic E-state index is 12.6. The molecular formula is C13H15N3O4S. The molecule has 21 heavy (non-hydrogen) atoms. The molecular weight excluding hydrogens is 294 g/mol. The van der Waals surface area contributed by atoms with Gasteiger partial charge >= 0.3 is 0 Å². The van der Waals surface area contributed by atoms with Gasteiger partial charge in [-0.2, -0.15) is 4.31 Å². The number of aromatic amines is 2. The Hall–Kier alpha value is -2.06. The van der Waals surface area contributed by atoms with Gasteiger partial charge < -0.3 is 9.84 Å². The van der Waals surface area contributed by atoms with Crippen LogP contribution < -0.4 is 10.3 Å². The summed E-state index contributed by atoms with van der Waals surface area (Å²) in [4.78, 5) is 11.7. The van der Waals surface area contributed by atoms with Gasteiger partial charge in [0.15, 0.2) is 0 Å². The highest BCUT2D eigenvalue weighted by Crippen LogP contribution is 2.23. The summed E-state index contributed by atoms with van der Waals surface area (Å²) in [5, 5.41) is 5.22. The lowest BCUT2D eigenvalue weighted by molar-refractivity contribution is 0.386. The van der Waals surface area contributed by atoms with Crippen LogP contribution in [0.3, 0.4) is 0 Å². The predicted molar refractivity (Wildman–Crippen MR) is 75.7 cm³/mol. The van der Waals surface area contributed by atoms with Crippen LogP contribution in [0.1, 0.15) is 11.3 Å². The highest BCUT2D eigenvalue weighted by molar-refractivity contribution is 7.89. The van der Waals surface area contributed by atoms with Gasteiger partial charge in [-0.25, -0.2) is 8.42 Å². The number of rotatable bonds is 3. The molecule has 3 rings (SSSR count). The Morgan fingerprint density at radius 3 is 2.57 bits per heavy atom. The van der Waals surface area contributed by atoms with Crippen molar-refractivity contribution >= 4 is 10.0 Å². The fourth-order valence-corrected chi connectivity index (χ4v) is 3.82. The maximum Gasteiger partial charge on any atom is 0.267 e. The molecule has 0 bridgehead atoms. The van der Waals surface area contributed by atoms with Crippen LogP contribution in [0.4, 0.5) is 0 Å². The van der Waals surface area contributed by atoms with E-state index in [0.29, 0.717) is 30.0 Å². The zero-order valence-corrected chi connectivity index (χ0v) is 12.2. The molecule has 8 heteroatoms. The lowest BCUT2D eigenvalue weighted by Crippen LogP contribution is -2.36. The summed E-state index contributed by atoms with van der Waals surface area (Å²) in [5.74, 6) is 0.602. The maximum atomic E-state index is 12.6. The van der Waals surface area contributed by atoms with Crippen LogP contribution >= 0.6 is 0 Å². The van der Waals surface area contributed by atoms with E-state index in [9.17, 15) is 13.2 Å². The Kier molecular flexibility index (Phi) is 3.34. The molecule has 2 heterocycles. The summed E-state index contributed by atoms with van der Waals surface area (Å²) >= 11 is 0. The quantitative estimate of drug-likeness (QED) is 0.861. The average molecular weight is 309 g/mol. The standard InChI is InChI=1S/C13H15N3O4S/c1-20-9-2-4-10(5-3-9)21(18,19)16-7-6-11-12(8-16)14-15-13(11)17/h2-5H,6-8H2,1H3,(H2,14,15,17). The molecule has 2 N–H and O–H groups in total. The normalized spacial score (nSPS) is 15.7. The molecule has 1 aromatic carbocycles. The van der Waals surface area contributed by atoms with Gasteiger partial charge in [-0.15, -0.1) is 0 Å². The molecule has 0 fully saturated rings. The molecule has 1 aliphatic heterocycles. The second-order valence-corrected chi connectivity index (χ2v) is 6.74.